The van der Waals surface area contributed by atoms with Gasteiger partial charge in [-0.05, 0) is 62.9 Å². The van der Waals surface area contributed by atoms with E-state index in [9.17, 15) is 9.90 Å². The second-order valence-corrected chi connectivity index (χ2v) is 9.05. The molecule has 0 aromatic carbocycles. The molecule has 1 aliphatic rings. The van der Waals surface area contributed by atoms with E-state index < -0.39 is 5.97 Å². The number of carbonyl (C=O) groups is 1. The highest BCUT2D eigenvalue weighted by Gasteiger charge is 2.14. The van der Waals surface area contributed by atoms with E-state index in [2.05, 4.69) is 18.8 Å². The highest BCUT2D eigenvalue weighted by Crippen LogP contribution is 2.18. The third kappa shape index (κ3) is 10.5. The predicted molar refractivity (Wildman–Crippen MR) is 104 cm³/mol. The Hall–Kier alpha value is -1.07. The van der Waals surface area contributed by atoms with E-state index in [0.717, 1.165) is 17.5 Å². The molecule has 1 saturated heterocycles. The SMILES string of the molecule is CC[S+](CC)CCCCCCC1CCCO1.O=C([O-])c1cccnc1. The molecule has 0 bridgehead atoms. The van der Waals surface area contributed by atoms with Crippen molar-refractivity contribution in [2.75, 3.05) is 23.9 Å². The first-order chi connectivity index (χ1) is 12.2. The van der Waals surface area contributed by atoms with Crippen molar-refractivity contribution in [2.24, 2.45) is 0 Å². The van der Waals surface area contributed by atoms with Gasteiger partial charge in [0.25, 0.3) is 0 Å². The van der Waals surface area contributed by atoms with Crippen LogP contribution in [0.3, 0.4) is 0 Å². The van der Waals surface area contributed by atoms with Gasteiger partial charge < -0.3 is 14.6 Å². The van der Waals surface area contributed by atoms with Crippen molar-refractivity contribution in [3.05, 3.63) is 30.1 Å². The first kappa shape index (κ1) is 22.0. The van der Waals surface area contributed by atoms with Crippen molar-refractivity contribution in [2.45, 2.75) is 64.9 Å². The molecule has 1 aromatic rings. The summed E-state index contributed by atoms with van der Waals surface area (Å²) in [5.74, 6) is 3.08. The van der Waals surface area contributed by atoms with E-state index in [1.54, 1.807) is 6.07 Å². The number of unbranched alkanes of at least 4 members (excludes halogenated alkanes) is 3. The molecule has 1 fully saturated rings. The highest BCUT2D eigenvalue weighted by atomic mass is 32.2. The molecule has 0 N–H and O–H groups in total. The number of carbonyl (C=O) groups excluding carboxylic acids is 1. The van der Waals surface area contributed by atoms with E-state index in [0.29, 0.717) is 6.10 Å². The van der Waals surface area contributed by atoms with Crippen LogP contribution < -0.4 is 5.11 Å². The Bertz CT molecular complexity index is 440. The Balaban J connectivity index is 0.000000293. The van der Waals surface area contributed by atoms with Gasteiger partial charge in [0.05, 0.1) is 12.1 Å². The highest BCUT2D eigenvalue weighted by molar-refractivity contribution is 7.96. The van der Waals surface area contributed by atoms with E-state index in [-0.39, 0.29) is 5.56 Å². The van der Waals surface area contributed by atoms with Crippen molar-refractivity contribution < 1.29 is 14.6 Å². The number of rotatable bonds is 10. The van der Waals surface area contributed by atoms with Crippen LogP contribution in [-0.2, 0) is 15.6 Å². The number of ether oxygens (including phenoxy) is 1. The van der Waals surface area contributed by atoms with Gasteiger partial charge in [0.15, 0.2) is 0 Å². The molecule has 5 heteroatoms. The molecule has 2 heterocycles. The van der Waals surface area contributed by atoms with Gasteiger partial charge in [-0.1, -0.05) is 18.9 Å². The van der Waals surface area contributed by atoms with Crippen LogP contribution in [0.4, 0.5) is 0 Å². The van der Waals surface area contributed by atoms with Gasteiger partial charge in [0, 0.05) is 24.6 Å². The first-order valence-electron chi connectivity index (χ1n) is 9.54. The number of carboxylic acid groups (broad SMARTS) is 1. The summed E-state index contributed by atoms with van der Waals surface area (Å²) >= 11 is 0. The number of nitrogens with zero attached hydrogens (tertiary/aromatic N) is 1. The third-order valence-electron chi connectivity index (χ3n) is 4.45. The number of aromatic nitrogens is 1. The molecule has 0 aliphatic carbocycles. The maximum Gasteiger partial charge on any atom is 0.108 e. The number of hydrogen-bond donors (Lipinski definition) is 0. The summed E-state index contributed by atoms with van der Waals surface area (Å²) in [6.07, 6.45) is 13.0. The Morgan fingerprint density at radius 2 is 2.04 bits per heavy atom. The van der Waals surface area contributed by atoms with Crippen molar-refractivity contribution in [1.82, 2.24) is 4.98 Å². The molecule has 1 atom stereocenters. The summed E-state index contributed by atoms with van der Waals surface area (Å²) in [6.45, 7) is 5.69. The summed E-state index contributed by atoms with van der Waals surface area (Å²) in [5, 5.41) is 10.0. The standard InChI is InChI=1S/C14H29OS.C6H5NO2/c1-3-16(4-2)13-8-6-5-7-10-14-11-9-12-15-14;8-6(9)5-2-1-3-7-4-5/h14H,3-13H2,1-2H3;1-4H,(H,8,9)/q+1;/p-1. The molecule has 142 valence electrons. The average molecular weight is 368 g/mol. The van der Waals surface area contributed by atoms with Crippen LogP contribution >= 0.6 is 0 Å². The lowest BCUT2D eigenvalue weighted by Gasteiger charge is -2.08. The van der Waals surface area contributed by atoms with E-state index in [4.69, 9.17) is 4.74 Å². The zero-order valence-electron chi connectivity index (χ0n) is 15.7. The molecule has 0 saturated carbocycles. The largest absolute Gasteiger partial charge is 0.545 e. The maximum atomic E-state index is 10.0. The van der Waals surface area contributed by atoms with Gasteiger partial charge in [0.2, 0.25) is 0 Å². The summed E-state index contributed by atoms with van der Waals surface area (Å²) in [6, 6.07) is 2.98. The van der Waals surface area contributed by atoms with Crippen LogP contribution in [0.15, 0.2) is 24.5 Å². The molecule has 1 aromatic heterocycles. The van der Waals surface area contributed by atoms with Gasteiger partial charge in [-0.15, -0.1) is 0 Å². The molecular weight excluding hydrogens is 334 g/mol. The second-order valence-electron chi connectivity index (χ2n) is 6.26. The topological polar surface area (TPSA) is 62.2 Å². The van der Waals surface area contributed by atoms with E-state index >= 15 is 0 Å². The lowest BCUT2D eigenvalue weighted by Crippen LogP contribution is -2.22. The van der Waals surface area contributed by atoms with Gasteiger partial charge in [-0.25, -0.2) is 0 Å². The average Bonchev–Trinajstić information content (AvgIpc) is 3.16. The van der Waals surface area contributed by atoms with Gasteiger partial charge in [-0.2, -0.15) is 0 Å². The maximum absolute atomic E-state index is 10.0. The second kappa shape index (κ2) is 14.1. The van der Waals surface area contributed by atoms with Crippen LogP contribution in [0.1, 0.15) is 69.2 Å². The van der Waals surface area contributed by atoms with Crippen molar-refractivity contribution in [1.29, 1.82) is 0 Å². The van der Waals surface area contributed by atoms with Gasteiger partial charge >= 0.3 is 0 Å². The quantitative estimate of drug-likeness (QED) is 0.470. The van der Waals surface area contributed by atoms with Crippen LogP contribution in [0.5, 0.6) is 0 Å². The van der Waals surface area contributed by atoms with Crippen LogP contribution in [-0.4, -0.2) is 40.9 Å². The number of aromatic carboxylic acids is 1. The Kier molecular flexibility index (Phi) is 12.4. The minimum atomic E-state index is -1.19. The lowest BCUT2D eigenvalue weighted by molar-refractivity contribution is -0.255. The molecule has 0 amide bonds. The van der Waals surface area contributed by atoms with Crippen LogP contribution in [0.2, 0.25) is 0 Å². The molecule has 0 radical (unpaired) electrons. The molecule has 0 spiro atoms. The molecule has 2 rings (SSSR count). The van der Waals surface area contributed by atoms with Crippen molar-refractivity contribution in [3.63, 3.8) is 0 Å². The zero-order valence-corrected chi connectivity index (χ0v) is 16.6. The molecule has 1 unspecified atom stereocenters. The number of hydrogen-bond acceptors (Lipinski definition) is 4. The first-order valence-corrected chi connectivity index (χ1v) is 11.3. The van der Waals surface area contributed by atoms with Crippen LogP contribution in [0.25, 0.3) is 0 Å². The summed E-state index contributed by atoms with van der Waals surface area (Å²) in [4.78, 5) is 13.6. The fraction of sp³-hybridized carbons (Fsp3) is 0.700. The third-order valence-corrected chi connectivity index (χ3v) is 6.95. The molecule has 4 nitrogen and oxygen atoms in total. The van der Waals surface area contributed by atoms with Gasteiger partial charge in [-0.3, -0.25) is 4.98 Å². The minimum absolute atomic E-state index is 0.109. The Labute approximate surface area is 155 Å². The fourth-order valence-electron chi connectivity index (χ4n) is 2.88. The van der Waals surface area contributed by atoms with E-state index in [1.165, 1.54) is 80.7 Å². The lowest BCUT2D eigenvalue weighted by atomic mass is 10.1. The zero-order chi connectivity index (χ0) is 18.3. The smallest absolute Gasteiger partial charge is 0.108 e. The van der Waals surface area contributed by atoms with Gasteiger partial charge in [0.1, 0.15) is 17.3 Å². The fourth-order valence-corrected chi connectivity index (χ4v) is 4.48. The summed E-state index contributed by atoms with van der Waals surface area (Å²) in [7, 11) is 0.729. The molecule has 25 heavy (non-hydrogen) atoms. The molecular formula is C20H33NO3S. The van der Waals surface area contributed by atoms with Crippen molar-refractivity contribution in [3.8, 4) is 0 Å². The normalized spacial score (nSPS) is 16.5. The predicted octanol–water partition coefficient (Wildman–Crippen LogP) is 3.22. The van der Waals surface area contributed by atoms with Crippen molar-refractivity contribution >= 4 is 16.9 Å². The minimum Gasteiger partial charge on any atom is -0.545 e. The monoisotopic (exact) mass is 367 g/mol. The summed E-state index contributed by atoms with van der Waals surface area (Å²) in [5.41, 5.74) is 0.109. The Morgan fingerprint density at radius 3 is 2.56 bits per heavy atom. The van der Waals surface area contributed by atoms with E-state index in [1.807, 2.05) is 0 Å². The number of carboxylic acids is 1. The van der Waals surface area contributed by atoms with Crippen LogP contribution in [0, 0.1) is 0 Å². The molecule has 1 aliphatic heterocycles. The number of pyridine rings is 1. The Morgan fingerprint density at radius 1 is 1.28 bits per heavy atom. The summed E-state index contributed by atoms with van der Waals surface area (Å²) < 4.78 is 5.63.